The molecule has 132 valence electrons. The molecular weight excluding hydrogens is 335 g/mol. The second-order valence-electron chi connectivity index (χ2n) is 6.12. The minimum Gasteiger partial charge on any atom is -0.508 e. The molecule has 1 heterocycles. The molecule has 1 unspecified atom stereocenters. The highest BCUT2D eigenvalue weighted by Gasteiger charge is 2.19. The largest absolute Gasteiger partial charge is 0.508 e. The van der Waals surface area contributed by atoms with Gasteiger partial charge in [-0.3, -0.25) is 0 Å². The van der Waals surface area contributed by atoms with E-state index in [9.17, 15) is 9.50 Å². The van der Waals surface area contributed by atoms with Crippen LogP contribution >= 0.6 is 0 Å². The number of hydrogen-bond donors (Lipinski definition) is 1. The third-order valence-electron chi connectivity index (χ3n) is 4.25. The molecule has 3 aromatic rings. The molecule has 1 aliphatic carbocycles. The van der Waals surface area contributed by atoms with Crippen LogP contribution in [-0.4, -0.2) is 21.4 Å². The van der Waals surface area contributed by atoms with Crippen LogP contribution in [0.3, 0.4) is 0 Å². The van der Waals surface area contributed by atoms with E-state index >= 15 is 0 Å². The normalized spacial score (nSPS) is 17.0. The lowest BCUT2D eigenvalue weighted by Crippen LogP contribution is -2.19. The Morgan fingerprint density at radius 2 is 1.77 bits per heavy atom. The van der Waals surface area contributed by atoms with Crippen LogP contribution in [0.4, 0.5) is 4.39 Å². The van der Waals surface area contributed by atoms with Gasteiger partial charge in [0.15, 0.2) is 0 Å². The zero-order valence-electron chi connectivity index (χ0n) is 13.9. The van der Waals surface area contributed by atoms with Crippen molar-refractivity contribution in [1.29, 1.82) is 0 Å². The number of phenols is 1. The molecular formula is C20H17FN2O3. The van der Waals surface area contributed by atoms with Gasteiger partial charge in [-0.25, -0.2) is 4.39 Å². The molecule has 0 spiro atoms. The average molecular weight is 352 g/mol. The number of ether oxygens (including phenoxy) is 1. The molecule has 0 radical (unpaired) electrons. The topological polar surface area (TPSA) is 68.4 Å². The fraction of sp³-hybridized carbons (Fsp3) is 0.200. The first-order valence-corrected chi connectivity index (χ1v) is 8.45. The number of halogens is 1. The smallest absolute Gasteiger partial charge is 0.258 e. The van der Waals surface area contributed by atoms with Crippen molar-refractivity contribution in [2.45, 2.75) is 25.4 Å². The van der Waals surface area contributed by atoms with Gasteiger partial charge in [0.1, 0.15) is 23.4 Å². The van der Waals surface area contributed by atoms with E-state index in [1.165, 1.54) is 0 Å². The monoisotopic (exact) mass is 352 g/mol. The maximum Gasteiger partial charge on any atom is 0.258 e. The first kappa shape index (κ1) is 16.3. The molecule has 1 N–H and O–H groups in total. The Balaban J connectivity index is 1.49. The third-order valence-corrected chi connectivity index (χ3v) is 4.25. The molecule has 0 fully saturated rings. The standard InChI is InChI=1S/C20H17FN2O3/c21-17-3-1-2-4-18(17)25-16-11-7-13(8-12-16)19-22-20(26-23-19)14-5-9-15(24)10-6-14/h3,5-12,18,24H,1-2,4H2. The fourth-order valence-electron chi connectivity index (χ4n) is 2.84. The highest BCUT2D eigenvalue weighted by molar-refractivity contribution is 5.60. The second-order valence-corrected chi connectivity index (χ2v) is 6.12. The van der Waals surface area contributed by atoms with Crippen LogP contribution in [0.2, 0.25) is 0 Å². The summed E-state index contributed by atoms with van der Waals surface area (Å²) in [6.45, 7) is 0. The van der Waals surface area contributed by atoms with E-state index in [4.69, 9.17) is 9.26 Å². The maximum absolute atomic E-state index is 13.8. The Hall–Kier alpha value is -3.15. The number of hydrogen-bond acceptors (Lipinski definition) is 5. The number of allylic oxidation sites excluding steroid dienone is 1. The molecule has 6 heteroatoms. The van der Waals surface area contributed by atoms with E-state index in [-0.39, 0.29) is 11.6 Å². The summed E-state index contributed by atoms with van der Waals surface area (Å²) in [4.78, 5) is 4.37. The summed E-state index contributed by atoms with van der Waals surface area (Å²) in [5.41, 5.74) is 1.49. The molecule has 0 aliphatic heterocycles. The molecule has 26 heavy (non-hydrogen) atoms. The first-order valence-electron chi connectivity index (χ1n) is 8.45. The molecule has 1 aliphatic rings. The molecule has 1 aromatic heterocycles. The van der Waals surface area contributed by atoms with E-state index in [1.807, 2.05) is 12.1 Å². The van der Waals surface area contributed by atoms with E-state index in [2.05, 4.69) is 10.1 Å². The average Bonchev–Trinajstić information content (AvgIpc) is 3.15. The molecule has 0 saturated heterocycles. The van der Waals surface area contributed by atoms with Crippen LogP contribution in [0.15, 0.2) is 65.0 Å². The predicted molar refractivity (Wildman–Crippen MR) is 94.3 cm³/mol. The maximum atomic E-state index is 13.8. The number of rotatable bonds is 4. The predicted octanol–water partition coefficient (Wildman–Crippen LogP) is 4.89. The van der Waals surface area contributed by atoms with Crippen LogP contribution < -0.4 is 4.74 Å². The van der Waals surface area contributed by atoms with Crippen molar-refractivity contribution in [3.63, 3.8) is 0 Å². The van der Waals surface area contributed by atoms with Gasteiger partial charge >= 0.3 is 0 Å². The Bertz CT molecular complexity index is 917. The van der Waals surface area contributed by atoms with Crippen molar-refractivity contribution in [3.05, 3.63) is 60.4 Å². The Labute approximate surface area is 149 Å². The van der Waals surface area contributed by atoms with Crippen LogP contribution in [-0.2, 0) is 0 Å². The van der Waals surface area contributed by atoms with Crippen molar-refractivity contribution in [2.75, 3.05) is 0 Å². The van der Waals surface area contributed by atoms with Crippen LogP contribution in [0.5, 0.6) is 11.5 Å². The summed E-state index contributed by atoms with van der Waals surface area (Å²) in [6.07, 6.45) is 3.48. The van der Waals surface area contributed by atoms with Gasteiger partial charge in [-0.15, -0.1) is 0 Å². The van der Waals surface area contributed by atoms with Gasteiger partial charge in [0.2, 0.25) is 5.82 Å². The number of phenolic OH excluding ortho intramolecular Hbond substituents is 1. The van der Waals surface area contributed by atoms with Gasteiger partial charge < -0.3 is 14.4 Å². The molecule has 0 bridgehead atoms. The minimum absolute atomic E-state index is 0.174. The zero-order chi connectivity index (χ0) is 17.9. The van der Waals surface area contributed by atoms with Crippen LogP contribution in [0.1, 0.15) is 19.3 Å². The molecule has 5 nitrogen and oxygen atoms in total. The summed E-state index contributed by atoms with van der Waals surface area (Å²) in [7, 11) is 0. The molecule has 1 atom stereocenters. The van der Waals surface area contributed by atoms with Gasteiger partial charge in [0.05, 0.1) is 0 Å². The highest BCUT2D eigenvalue weighted by Crippen LogP contribution is 2.28. The molecule has 2 aromatic carbocycles. The molecule has 0 saturated carbocycles. The van der Waals surface area contributed by atoms with Crippen LogP contribution in [0, 0.1) is 0 Å². The number of aromatic nitrogens is 2. The lowest BCUT2D eigenvalue weighted by Gasteiger charge is -2.20. The summed E-state index contributed by atoms with van der Waals surface area (Å²) in [5, 5.41) is 13.3. The van der Waals surface area contributed by atoms with E-state index < -0.39 is 6.10 Å². The third kappa shape index (κ3) is 3.44. The minimum atomic E-state index is -0.499. The van der Waals surface area contributed by atoms with Gasteiger partial charge in [0.25, 0.3) is 5.89 Å². The van der Waals surface area contributed by atoms with Crippen molar-refractivity contribution in [2.24, 2.45) is 0 Å². The Morgan fingerprint density at radius 1 is 1.04 bits per heavy atom. The Morgan fingerprint density at radius 3 is 2.50 bits per heavy atom. The van der Waals surface area contributed by atoms with E-state index in [0.717, 1.165) is 24.0 Å². The lowest BCUT2D eigenvalue weighted by molar-refractivity contribution is 0.187. The van der Waals surface area contributed by atoms with Gasteiger partial charge in [-0.2, -0.15) is 4.98 Å². The number of aromatic hydroxyl groups is 1. The van der Waals surface area contributed by atoms with E-state index in [1.54, 1.807) is 42.5 Å². The van der Waals surface area contributed by atoms with Crippen LogP contribution in [0.25, 0.3) is 22.8 Å². The van der Waals surface area contributed by atoms with Crippen molar-refractivity contribution >= 4 is 0 Å². The summed E-state index contributed by atoms with van der Waals surface area (Å²) >= 11 is 0. The zero-order valence-corrected chi connectivity index (χ0v) is 13.9. The highest BCUT2D eigenvalue weighted by atomic mass is 19.1. The van der Waals surface area contributed by atoms with Gasteiger partial charge in [-0.1, -0.05) is 5.16 Å². The molecule has 0 amide bonds. The van der Waals surface area contributed by atoms with Crippen molar-refractivity contribution in [1.82, 2.24) is 10.1 Å². The molecule has 4 rings (SSSR count). The summed E-state index contributed by atoms with van der Waals surface area (Å²) in [6, 6.07) is 13.7. The quantitative estimate of drug-likeness (QED) is 0.724. The SMILES string of the molecule is Oc1ccc(-c2nc(-c3ccc(OC4CCCC=C4F)cc3)no2)cc1. The van der Waals surface area contributed by atoms with Gasteiger partial charge in [0, 0.05) is 11.1 Å². The number of nitrogens with zero attached hydrogens (tertiary/aromatic N) is 2. The van der Waals surface area contributed by atoms with Crippen molar-refractivity contribution < 1.29 is 18.8 Å². The van der Waals surface area contributed by atoms with E-state index in [0.29, 0.717) is 23.9 Å². The van der Waals surface area contributed by atoms with Gasteiger partial charge in [-0.05, 0) is 73.9 Å². The number of benzene rings is 2. The summed E-state index contributed by atoms with van der Waals surface area (Å²) < 4.78 is 24.7. The Kier molecular flexibility index (Phi) is 4.39. The summed E-state index contributed by atoms with van der Waals surface area (Å²) in [5.74, 6) is 1.40. The van der Waals surface area contributed by atoms with Crippen molar-refractivity contribution in [3.8, 4) is 34.3 Å². The second kappa shape index (κ2) is 7.00. The fourth-order valence-corrected chi connectivity index (χ4v) is 2.84. The first-order chi connectivity index (χ1) is 12.7. The lowest BCUT2D eigenvalue weighted by atomic mass is 10.0.